The Morgan fingerprint density at radius 3 is 2.44 bits per heavy atom. The van der Waals surface area contributed by atoms with Gasteiger partial charge < -0.3 is 4.74 Å². The van der Waals surface area contributed by atoms with Gasteiger partial charge in [0.2, 0.25) is 0 Å². The molecule has 1 aromatic rings. The highest BCUT2D eigenvalue weighted by Gasteiger charge is 2.08. The monoisotopic (exact) mass is 271 g/mol. The first-order chi connectivity index (χ1) is 8.58. The zero-order chi connectivity index (χ0) is 13.5. The van der Waals surface area contributed by atoms with Crippen LogP contribution in [0.3, 0.4) is 0 Å². The van der Waals surface area contributed by atoms with Crippen molar-refractivity contribution in [3.05, 3.63) is 35.4 Å². The van der Waals surface area contributed by atoms with Gasteiger partial charge in [-0.3, -0.25) is 0 Å². The molecule has 0 bridgehead atoms. The molecule has 0 saturated heterocycles. The van der Waals surface area contributed by atoms with Gasteiger partial charge in [-0.1, -0.05) is 24.9 Å². The summed E-state index contributed by atoms with van der Waals surface area (Å²) in [5.74, 6) is 0.0622. The smallest absolute Gasteiger partial charge is 0.387 e. The molecule has 0 amide bonds. The van der Waals surface area contributed by atoms with Gasteiger partial charge in [0.1, 0.15) is 5.75 Å². The van der Waals surface area contributed by atoms with Crippen molar-refractivity contribution in [3.63, 3.8) is 0 Å². The Morgan fingerprint density at radius 2 is 2.00 bits per heavy atom. The van der Waals surface area contributed by atoms with Crippen LogP contribution in [0.25, 0.3) is 5.03 Å². The van der Waals surface area contributed by atoms with E-state index in [1.807, 2.05) is 13.0 Å². The van der Waals surface area contributed by atoms with Crippen molar-refractivity contribution in [3.8, 4) is 11.8 Å². The Bertz CT molecular complexity index is 463. The molecule has 0 aliphatic carbocycles. The highest BCUT2D eigenvalue weighted by molar-refractivity contribution is 6.49. The van der Waals surface area contributed by atoms with Gasteiger partial charge in [0.05, 0.1) is 11.1 Å². The van der Waals surface area contributed by atoms with E-state index >= 15 is 0 Å². The molecule has 0 radical (unpaired) electrons. The van der Waals surface area contributed by atoms with Crippen LogP contribution in [0.4, 0.5) is 8.78 Å². The van der Waals surface area contributed by atoms with Crippen LogP contribution in [0.5, 0.6) is 5.75 Å². The summed E-state index contributed by atoms with van der Waals surface area (Å²) in [7, 11) is 0. The van der Waals surface area contributed by atoms with E-state index in [9.17, 15) is 8.78 Å². The lowest BCUT2D eigenvalue weighted by atomic mass is 10.1. The number of alkyl halides is 2. The molecule has 1 rings (SSSR count). The van der Waals surface area contributed by atoms with Crippen molar-refractivity contribution in [2.24, 2.45) is 0 Å². The van der Waals surface area contributed by atoms with Crippen LogP contribution in [0.2, 0.25) is 0 Å². The molecule has 0 aromatic heterocycles. The zero-order valence-electron chi connectivity index (χ0n) is 9.79. The molecule has 0 atom stereocenters. The van der Waals surface area contributed by atoms with Gasteiger partial charge in [-0.2, -0.15) is 14.0 Å². The second-order valence-corrected chi connectivity index (χ2v) is 3.94. The fourth-order valence-electron chi connectivity index (χ4n) is 1.42. The SMILES string of the molecule is CCCC(C#N)=C(Cl)c1ccc(OC(F)F)cc1. The van der Waals surface area contributed by atoms with Crippen LogP contribution in [0, 0.1) is 11.3 Å². The lowest BCUT2D eigenvalue weighted by Crippen LogP contribution is -2.01. The summed E-state index contributed by atoms with van der Waals surface area (Å²) in [6.07, 6.45) is 1.40. The molecular weight excluding hydrogens is 260 g/mol. The number of nitrogens with zero attached hydrogens (tertiary/aromatic N) is 1. The number of halogens is 3. The van der Waals surface area contributed by atoms with Crippen LogP contribution in [0.1, 0.15) is 25.3 Å². The second kappa shape index (κ2) is 6.97. The fraction of sp³-hybridized carbons (Fsp3) is 0.308. The van der Waals surface area contributed by atoms with Crippen LogP contribution >= 0.6 is 11.6 Å². The van der Waals surface area contributed by atoms with Gasteiger partial charge >= 0.3 is 6.61 Å². The van der Waals surface area contributed by atoms with Crippen molar-refractivity contribution in [2.75, 3.05) is 0 Å². The molecule has 0 heterocycles. The Morgan fingerprint density at radius 1 is 1.39 bits per heavy atom. The Balaban J connectivity index is 2.94. The van der Waals surface area contributed by atoms with Crippen molar-refractivity contribution in [2.45, 2.75) is 26.4 Å². The van der Waals surface area contributed by atoms with E-state index in [-0.39, 0.29) is 5.75 Å². The molecule has 0 spiro atoms. The number of nitriles is 1. The first-order valence-corrected chi connectivity index (χ1v) is 5.80. The molecule has 18 heavy (non-hydrogen) atoms. The molecule has 0 saturated carbocycles. The van der Waals surface area contributed by atoms with Crippen molar-refractivity contribution >= 4 is 16.6 Å². The van der Waals surface area contributed by atoms with Gasteiger partial charge in [-0.25, -0.2) is 0 Å². The fourth-order valence-corrected chi connectivity index (χ4v) is 1.68. The normalized spacial score (nSPS) is 12.0. The van der Waals surface area contributed by atoms with Crippen LogP contribution in [0.15, 0.2) is 29.8 Å². The third-order valence-corrected chi connectivity index (χ3v) is 2.68. The molecule has 1 aromatic carbocycles. The summed E-state index contributed by atoms with van der Waals surface area (Å²) < 4.78 is 28.2. The number of hydrogen-bond acceptors (Lipinski definition) is 2. The first kappa shape index (κ1) is 14.5. The largest absolute Gasteiger partial charge is 0.435 e. The lowest BCUT2D eigenvalue weighted by Gasteiger charge is -2.06. The Labute approximate surface area is 109 Å². The summed E-state index contributed by atoms with van der Waals surface area (Å²) in [6, 6.07) is 7.93. The van der Waals surface area contributed by atoms with E-state index in [0.29, 0.717) is 22.6 Å². The third kappa shape index (κ3) is 4.01. The maximum atomic E-state index is 12.0. The third-order valence-electron chi connectivity index (χ3n) is 2.23. The molecule has 0 unspecified atom stereocenters. The van der Waals surface area contributed by atoms with E-state index in [1.165, 1.54) is 12.1 Å². The van der Waals surface area contributed by atoms with Crippen LogP contribution < -0.4 is 4.74 Å². The Kier molecular flexibility index (Phi) is 5.60. The second-order valence-electron chi connectivity index (χ2n) is 3.56. The molecule has 0 N–H and O–H groups in total. The van der Waals surface area contributed by atoms with Gasteiger partial charge in [0.15, 0.2) is 0 Å². The van der Waals surface area contributed by atoms with E-state index in [2.05, 4.69) is 4.74 Å². The van der Waals surface area contributed by atoms with Crippen molar-refractivity contribution in [1.29, 1.82) is 5.26 Å². The summed E-state index contributed by atoms with van der Waals surface area (Å²) in [4.78, 5) is 0. The summed E-state index contributed by atoms with van der Waals surface area (Å²) in [6.45, 7) is -0.905. The van der Waals surface area contributed by atoms with Gasteiger partial charge in [0, 0.05) is 5.57 Å². The predicted molar refractivity (Wildman–Crippen MR) is 66.4 cm³/mol. The number of hydrogen-bond donors (Lipinski definition) is 0. The van der Waals surface area contributed by atoms with Gasteiger partial charge in [0.25, 0.3) is 0 Å². The number of rotatable bonds is 5. The summed E-state index contributed by atoms with van der Waals surface area (Å²) in [5.41, 5.74) is 1.10. The Hall–Kier alpha value is -1.60. The zero-order valence-corrected chi connectivity index (χ0v) is 10.5. The van der Waals surface area contributed by atoms with Gasteiger partial charge in [-0.15, -0.1) is 0 Å². The van der Waals surface area contributed by atoms with E-state index < -0.39 is 6.61 Å². The minimum absolute atomic E-state index is 0.0622. The van der Waals surface area contributed by atoms with Crippen LogP contribution in [-0.4, -0.2) is 6.61 Å². The topological polar surface area (TPSA) is 33.0 Å². The first-order valence-electron chi connectivity index (χ1n) is 5.42. The van der Waals surface area contributed by atoms with Crippen LogP contribution in [-0.2, 0) is 0 Å². The molecular formula is C13H12ClF2NO. The average Bonchev–Trinajstić information content (AvgIpc) is 2.35. The maximum absolute atomic E-state index is 12.0. The molecule has 5 heteroatoms. The minimum atomic E-state index is -2.85. The predicted octanol–water partition coefficient (Wildman–Crippen LogP) is 4.56. The molecule has 0 aliphatic heterocycles. The van der Waals surface area contributed by atoms with Crippen molar-refractivity contribution in [1.82, 2.24) is 0 Å². The number of ether oxygens (including phenoxy) is 1. The van der Waals surface area contributed by atoms with E-state index in [0.717, 1.165) is 6.42 Å². The number of benzene rings is 1. The quantitative estimate of drug-likeness (QED) is 0.736. The lowest BCUT2D eigenvalue weighted by molar-refractivity contribution is -0.0498. The standard InChI is InChI=1S/C13H12ClF2NO/c1-2-3-10(8-17)12(14)9-4-6-11(7-5-9)18-13(15)16/h4-7,13H,2-3H2,1H3. The molecule has 96 valence electrons. The highest BCUT2D eigenvalue weighted by atomic mass is 35.5. The number of allylic oxidation sites excluding steroid dienone is 1. The molecule has 0 fully saturated rings. The molecule has 2 nitrogen and oxygen atoms in total. The average molecular weight is 272 g/mol. The van der Waals surface area contributed by atoms with Crippen molar-refractivity contribution < 1.29 is 13.5 Å². The maximum Gasteiger partial charge on any atom is 0.387 e. The van der Waals surface area contributed by atoms with E-state index in [1.54, 1.807) is 12.1 Å². The molecule has 0 aliphatic rings. The van der Waals surface area contributed by atoms with E-state index in [4.69, 9.17) is 16.9 Å². The van der Waals surface area contributed by atoms with Gasteiger partial charge in [-0.05, 0) is 36.2 Å². The summed E-state index contributed by atoms with van der Waals surface area (Å²) in [5, 5.41) is 9.30. The minimum Gasteiger partial charge on any atom is -0.435 e. The highest BCUT2D eigenvalue weighted by Crippen LogP contribution is 2.27. The summed E-state index contributed by atoms with van der Waals surface area (Å²) >= 11 is 6.08.